The topological polar surface area (TPSA) is 41.9 Å². The standard InChI is InChI=1S/C19H25NO3/c1-20(2)12-13-22-15-19(21)17-8-10-18(11-9-17)23-14-16-6-4-3-5-7-16/h3-11,19,21H,12-15H2,1-2H3. The molecule has 2 rings (SSSR count). The summed E-state index contributed by atoms with van der Waals surface area (Å²) in [5, 5.41) is 10.1. The fraction of sp³-hybridized carbons (Fsp3) is 0.368. The van der Waals surface area contributed by atoms with E-state index in [0.717, 1.165) is 23.4 Å². The van der Waals surface area contributed by atoms with Crippen molar-refractivity contribution in [2.24, 2.45) is 0 Å². The molecule has 4 heteroatoms. The first-order valence-electron chi connectivity index (χ1n) is 7.82. The Balaban J connectivity index is 1.77. The van der Waals surface area contributed by atoms with E-state index < -0.39 is 6.10 Å². The van der Waals surface area contributed by atoms with E-state index in [9.17, 15) is 5.11 Å². The number of rotatable bonds is 9. The molecule has 0 aliphatic rings. The quantitative estimate of drug-likeness (QED) is 0.723. The van der Waals surface area contributed by atoms with Crippen LogP contribution in [0.4, 0.5) is 0 Å². The first kappa shape index (κ1) is 17.5. The minimum atomic E-state index is -0.611. The molecule has 124 valence electrons. The van der Waals surface area contributed by atoms with Gasteiger partial charge in [-0.3, -0.25) is 0 Å². The maximum Gasteiger partial charge on any atom is 0.119 e. The maximum absolute atomic E-state index is 10.1. The molecule has 0 bridgehead atoms. The number of ether oxygens (including phenoxy) is 2. The van der Waals surface area contributed by atoms with Crippen molar-refractivity contribution in [1.29, 1.82) is 0 Å². The average molecular weight is 315 g/mol. The van der Waals surface area contributed by atoms with Crippen LogP contribution in [0.25, 0.3) is 0 Å². The van der Waals surface area contributed by atoms with Crippen LogP contribution in [0, 0.1) is 0 Å². The number of aliphatic hydroxyl groups is 1. The molecule has 0 amide bonds. The van der Waals surface area contributed by atoms with Crippen molar-refractivity contribution in [3.05, 3.63) is 65.7 Å². The highest BCUT2D eigenvalue weighted by Crippen LogP contribution is 2.19. The second-order valence-electron chi connectivity index (χ2n) is 5.74. The lowest BCUT2D eigenvalue weighted by Crippen LogP contribution is -2.19. The molecule has 0 spiro atoms. The van der Waals surface area contributed by atoms with Gasteiger partial charge in [0, 0.05) is 6.54 Å². The van der Waals surface area contributed by atoms with Crippen molar-refractivity contribution in [2.75, 3.05) is 33.9 Å². The lowest BCUT2D eigenvalue weighted by Gasteiger charge is -2.14. The molecule has 1 unspecified atom stereocenters. The van der Waals surface area contributed by atoms with E-state index in [4.69, 9.17) is 9.47 Å². The Bertz CT molecular complexity index is 555. The number of benzene rings is 2. The van der Waals surface area contributed by atoms with Gasteiger partial charge in [0.25, 0.3) is 0 Å². The SMILES string of the molecule is CN(C)CCOCC(O)c1ccc(OCc2ccccc2)cc1. The van der Waals surface area contributed by atoms with Crippen molar-refractivity contribution in [3.63, 3.8) is 0 Å². The van der Waals surface area contributed by atoms with Gasteiger partial charge in [-0.1, -0.05) is 42.5 Å². The number of likely N-dealkylation sites (N-methyl/N-ethyl adjacent to an activating group) is 1. The van der Waals surface area contributed by atoms with Crippen LogP contribution in [0.2, 0.25) is 0 Å². The van der Waals surface area contributed by atoms with Crippen LogP contribution in [-0.4, -0.2) is 43.9 Å². The zero-order chi connectivity index (χ0) is 16.5. The van der Waals surface area contributed by atoms with Crippen LogP contribution >= 0.6 is 0 Å². The Labute approximate surface area is 138 Å². The molecule has 4 nitrogen and oxygen atoms in total. The summed E-state index contributed by atoms with van der Waals surface area (Å²) in [6.45, 7) is 2.30. The number of hydrogen-bond donors (Lipinski definition) is 1. The minimum absolute atomic E-state index is 0.304. The van der Waals surface area contributed by atoms with Crippen molar-refractivity contribution in [1.82, 2.24) is 4.90 Å². The zero-order valence-electron chi connectivity index (χ0n) is 13.8. The van der Waals surface area contributed by atoms with Gasteiger partial charge in [-0.15, -0.1) is 0 Å². The van der Waals surface area contributed by atoms with Crippen LogP contribution in [0.3, 0.4) is 0 Å². The molecule has 1 N–H and O–H groups in total. The summed E-state index contributed by atoms with van der Waals surface area (Å²) in [5.74, 6) is 0.790. The molecule has 0 aliphatic carbocycles. The van der Waals surface area contributed by atoms with Crippen LogP contribution in [0.5, 0.6) is 5.75 Å². The van der Waals surface area contributed by atoms with Gasteiger partial charge in [0.2, 0.25) is 0 Å². The van der Waals surface area contributed by atoms with E-state index in [2.05, 4.69) is 0 Å². The number of hydrogen-bond acceptors (Lipinski definition) is 4. The third-order valence-corrected chi connectivity index (χ3v) is 3.47. The Morgan fingerprint density at radius 1 is 1.00 bits per heavy atom. The fourth-order valence-corrected chi connectivity index (χ4v) is 2.07. The summed E-state index contributed by atoms with van der Waals surface area (Å²) in [6.07, 6.45) is -0.611. The molecule has 23 heavy (non-hydrogen) atoms. The molecular weight excluding hydrogens is 290 g/mol. The van der Waals surface area contributed by atoms with E-state index in [1.54, 1.807) is 0 Å². The van der Waals surface area contributed by atoms with E-state index in [1.165, 1.54) is 0 Å². The highest BCUT2D eigenvalue weighted by atomic mass is 16.5. The molecule has 0 fully saturated rings. The first-order chi connectivity index (χ1) is 11.1. The Morgan fingerprint density at radius 2 is 1.70 bits per heavy atom. The van der Waals surface area contributed by atoms with E-state index >= 15 is 0 Å². The van der Waals surface area contributed by atoms with E-state index in [1.807, 2.05) is 73.6 Å². The maximum atomic E-state index is 10.1. The van der Waals surface area contributed by atoms with Crippen LogP contribution in [-0.2, 0) is 11.3 Å². The van der Waals surface area contributed by atoms with Crippen molar-refractivity contribution < 1.29 is 14.6 Å². The predicted molar refractivity (Wildman–Crippen MR) is 91.5 cm³/mol. The van der Waals surface area contributed by atoms with Crippen LogP contribution in [0.15, 0.2) is 54.6 Å². The Kier molecular flexibility index (Phi) is 7.07. The highest BCUT2D eigenvalue weighted by Gasteiger charge is 2.08. The van der Waals surface area contributed by atoms with Gasteiger partial charge in [-0.25, -0.2) is 0 Å². The molecule has 0 radical (unpaired) electrons. The summed E-state index contributed by atoms with van der Waals surface area (Å²) in [5.41, 5.74) is 1.97. The molecule has 1 atom stereocenters. The van der Waals surface area contributed by atoms with E-state index in [-0.39, 0.29) is 0 Å². The van der Waals surface area contributed by atoms with Gasteiger partial charge in [0.15, 0.2) is 0 Å². The number of aliphatic hydroxyl groups excluding tert-OH is 1. The van der Waals surface area contributed by atoms with E-state index in [0.29, 0.717) is 19.8 Å². The molecule has 2 aromatic rings. The summed E-state index contributed by atoms with van der Waals surface area (Å²) in [6, 6.07) is 17.5. The third kappa shape index (κ3) is 6.40. The van der Waals surface area contributed by atoms with Gasteiger partial charge in [0.05, 0.1) is 13.2 Å². The summed E-state index contributed by atoms with van der Waals surface area (Å²) < 4.78 is 11.2. The van der Waals surface area contributed by atoms with Crippen molar-refractivity contribution in [2.45, 2.75) is 12.7 Å². The lowest BCUT2D eigenvalue weighted by atomic mass is 10.1. The summed E-state index contributed by atoms with van der Waals surface area (Å²) in [7, 11) is 3.99. The van der Waals surface area contributed by atoms with Gasteiger partial charge < -0.3 is 19.5 Å². The van der Waals surface area contributed by atoms with Crippen LogP contribution < -0.4 is 4.74 Å². The monoisotopic (exact) mass is 315 g/mol. The van der Waals surface area contributed by atoms with Crippen molar-refractivity contribution in [3.8, 4) is 5.75 Å². The second-order valence-corrected chi connectivity index (χ2v) is 5.74. The van der Waals surface area contributed by atoms with Crippen molar-refractivity contribution >= 4 is 0 Å². The molecule has 0 saturated heterocycles. The highest BCUT2D eigenvalue weighted by molar-refractivity contribution is 5.29. The molecule has 0 aliphatic heterocycles. The molecule has 0 saturated carbocycles. The largest absolute Gasteiger partial charge is 0.489 e. The van der Waals surface area contributed by atoms with Gasteiger partial charge in [-0.05, 0) is 37.4 Å². The predicted octanol–water partition coefficient (Wildman–Crippen LogP) is 2.88. The molecule has 0 heterocycles. The smallest absolute Gasteiger partial charge is 0.119 e. The van der Waals surface area contributed by atoms with Crippen LogP contribution in [0.1, 0.15) is 17.2 Å². The van der Waals surface area contributed by atoms with Gasteiger partial charge >= 0.3 is 0 Å². The average Bonchev–Trinajstić information content (AvgIpc) is 2.58. The summed E-state index contributed by atoms with van der Waals surface area (Å²) in [4.78, 5) is 2.05. The molecular formula is C19H25NO3. The lowest BCUT2D eigenvalue weighted by molar-refractivity contribution is 0.0306. The summed E-state index contributed by atoms with van der Waals surface area (Å²) >= 11 is 0. The third-order valence-electron chi connectivity index (χ3n) is 3.47. The number of nitrogens with zero attached hydrogens (tertiary/aromatic N) is 1. The Morgan fingerprint density at radius 3 is 2.35 bits per heavy atom. The first-order valence-corrected chi connectivity index (χ1v) is 7.82. The minimum Gasteiger partial charge on any atom is -0.489 e. The normalized spacial score (nSPS) is 12.3. The Hall–Kier alpha value is -1.88. The molecule has 0 aromatic heterocycles. The van der Waals surface area contributed by atoms with Gasteiger partial charge in [-0.2, -0.15) is 0 Å². The molecule has 2 aromatic carbocycles. The second kappa shape index (κ2) is 9.30. The zero-order valence-corrected chi connectivity index (χ0v) is 13.8. The fourth-order valence-electron chi connectivity index (χ4n) is 2.07. The van der Waals surface area contributed by atoms with Gasteiger partial charge in [0.1, 0.15) is 18.5 Å².